The molecule has 4 rings (SSSR count). The molecule has 0 aliphatic heterocycles. The highest BCUT2D eigenvalue weighted by Crippen LogP contribution is 2.72. The van der Waals surface area contributed by atoms with Crippen LogP contribution in [0.1, 0.15) is 25.7 Å². The van der Waals surface area contributed by atoms with Gasteiger partial charge in [0.15, 0.2) is 0 Å². The van der Waals surface area contributed by atoms with Crippen molar-refractivity contribution in [3.05, 3.63) is 0 Å². The molecule has 8 atom stereocenters. The van der Waals surface area contributed by atoms with Crippen LogP contribution in [0.25, 0.3) is 0 Å². The van der Waals surface area contributed by atoms with Gasteiger partial charge in [-0.1, -0.05) is 6.42 Å². The minimum Gasteiger partial charge on any atom is -0.469 e. The number of esters is 2. The van der Waals surface area contributed by atoms with Crippen LogP contribution in [0.5, 0.6) is 0 Å². The lowest BCUT2D eigenvalue weighted by Gasteiger charge is -2.54. The Morgan fingerprint density at radius 2 is 1.25 bits per heavy atom. The first-order valence-corrected chi connectivity index (χ1v) is 7.84. The Morgan fingerprint density at radius 1 is 0.800 bits per heavy atom. The van der Waals surface area contributed by atoms with Crippen LogP contribution in [-0.2, 0) is 19.1 Å². The van der Waals surface area contributed by atoms with Crippen molar-refractivity contribution < 1.29 is 19.1 Å². The average Bonchev–Trinajstić information content (AvgIpc) is 3.08. The van der Waals surface area contributed by atoms with Gasteiger partial charge in [-0.25, -0.2) is 0 Å². The third kappa shape index (κ3) is 1.33. The summed E-state index contributed by atoms with van der Waals surface area (Å²) < 4.78 is 9.92. The van der Waals surface area contributed by atoms with Gasteiger partial charge in [-0.3, -0.25) is 9.59 Å². The summed E-state index contributed by atoms with van der Waals surface area (Å²) in [6.45, 7) is 0. The van der Waals surface area contributed by atoms with Crippen molar-refractivity contribution in [1.29, 1.82) is 0 Å². The van der Waals surface area contributed by atoms with Crippen LogP contribution in [0.4, 0.5) is 0 Å². The van der Waals surface area contributed by atoms with E-state index in [0.29, 0.717) is 23.7 Å². The summed E-state index contributed by atoms with van der Waals surface area (Å²) in [6.07, 6.45) is 5.21. The number of hydrogen-bond donors (Lipinski definition) is 0. The second-order valence-corrected chi connectivity index (χ2v) is 7.07. The fourth-order valence-electron chi connectivity index (χ4n) is 6.42. The van der Waals surface area contributed by atoms with E-state index in [-0.39, 0.29) is 23.8 Å². The molecule has 0 aromatic carbocycles. The molecule has 20 heavy (non-hydrogen) atoms. The van der Waals surface area contributed by atoms with Crippen molar-refractivity contribution in [3.8, 4) is 0 Å². The van der Waals surface area contributed by atoms with Crippen LogP contribution < -0.4 is 0 Å². The quantitative estimate of drug-likeness (QED) is 0.724. The second kappa shape index (κ2) is 4.22. The van der Waals surface area contributed by atoms with Gasteiger partial charge in [0.05, 0.1) is 26.1 Å². The van der Waals surface area contributed by atoms with Gasteiger partial charge in [-0.2, -0.15) is 0 Å². The van der Waals surface area contributed by atoms with E-state index in [0.717, 1.165) is 11.8 Å². The smallest absolute Gasteiger partial charge is 0.309 e. The summed E-state index contributed by atoms with van der Waals surface area (Å²) >= 11 is 0. The van der Waals surface area contributed by atoms with E-state index in [2.05, 4.69) is 0 Å². The van der Waals surface area contributed by atoms with Gasteiger partial charge in [0.25, 0.3) is 0 Å². The lowest BCUT2D eigenvalue weighted by atomic mass is 9.49. The average molecular weight is 278 g/mol. The van der Waals surface area contributed by atoms with Gasteiger partial charge in [0, 0.05) is 0 Å². The van der Waals surface area contributed by atoms with Gasteiger partial charge in [0.2, 0.25) is 0 Å². The van der Waals surface area contributed by atoms with Crippen LogP contribution in [0.15, 0.2) is 0 Å². The molecule has 2 bridgehead atoms. The predicted octanol–water partition coefficient (Wildman–Crippen LogP) is 1.88. The highest BCUT2D eigenvalue weighted by Gasteiger charge is 2.72. The Hall–Kier alpha value is -1.06. The maximum Gasteiger partial charge on any atom is 0.309 e. The van der Waals surface area contributed by atoms with E-state index >= 15 is 0 Å². The molecule has 4 aliphatic rings. The van der Waals surface area contributed by atoms with Crippen LogP contribution >= 0.6 is 0 Å². The van der Waals surface area contributed by atoms with Crippen molar-refractivity contribution in [1.82, 2.24) is 0 Å². The van der Waals surface area contributed by atoms with Gasteiger partial charge in [0.1, 0.15) is 0 Å². The van der Waals surface area contributed by atoms with Crippen molar-refractivity contribution >= 4 is 11.9 Å². The number of rotatable bonds is 2. The van der Waals surface area contributed by atoms with E-state index < -0.39 is 0 Å². The molecule has 0 amide bonds. The third-order valence-corrected chi connectivity index (χ3v) is 6.87. The molecule has 0 saturated heterocycles. The van der Waals surface area contributed by atoms with E-state index in [4.69, 9.17) is 9.47 Å². The first-order chi connectivity index (χ1) is 9.69. The zero-order chi connectivity index (χ0) is 14.0. The molecule has 4 nitrogen and oxygen atoms in total. The maximum atomic E-state index is 12.1. The molecule has 8 unspecified atom stereocenters. The fourth-order valence-corrected chi connectivity index (χ4v) is 6.42. The normalized spacial score (nSPS) is 51.1. The minimum atomic E-state index is -0.242. The van der Waals surface area contributed by atoms with Gasteiger partial charge in [-0.15, -0.1) is 0 Å². The molecule has 4 saturated carbocycles. The summed E-state index contributed by atoms with van der Waals surface area (Å²) in [6, 6.07) is 0. The Morgan fingerprint density at radius 3 is 1.65 bits per heavy atom. The summed E-state index contributed by atoms with van der Waals surface area (Å²) in [5.74, 6) is 2.81. The van der Waals surface area contributed by atoms with Gasteiger partial charge < -0.3 is 9.47 Å². The van der Waals surface area contributed by atoms with Gasteiger partial charge in [-0.05, 0) is 54.8 Å². The summed E-state index contributed by atoms with van der Waals surface area (Å²) in [5.41, 5.74) is 0. The van der Waals surface area contributed by atoms with E-state index in [9.17, 15) is 9.59 Å². The predicted molar refractivity (Wildman–Crippen MR) is 70.4 cm³/mol. The molecule has 110 valence electrons. The lowest BCUT2D eigenvalue weighted by Crippen LogP contribution is -2.59. The molecule has 4 heteroatoms. The minimum absolute atomic E-state index is 0.205. The summed E-state index contributed by atoms with van der Waals surface area (Å²) in [4.78, 5) is 24.2. The lowest BCUT2D eigenvalue weighted by molar-refractivity contribution is -0.187. The Bertz CT molecular complexity index is 419. The molecule has 0 N–H and O–H groups in total. The number of carbonyl (C=O) groups is 2. The van der Waals surface area contributed by atoms with Crippen LogP contribution in [0.2, 0.25) is 0 Å². The fraction of sp³-hybridized carbons (Fsp3) is 0.875. The zero-order valence-electron chi connectivity index (χ0n) is 12.1. The molecular formula is C16H22O4. The Balaban J connectivity index is 1.65. The molecule has 0 aromatic heterocycles. The molecule has 4 aliphatic carbocycles. The van der Waals surface area contributed by atoms with Crippen LogP contribution in [0, 0.1) is 47.3 Å². The standard InChI is InChI=1S/C16H22O4/c1-19-15(17)13-11-9-6-10(8-5-3-4-7(8)9)12(11)14(13)16(18)20-2/h7-14H,3-6H2,1-2H3. The molecular weight excluding hydrogens is 256 g/mol. The van der Waals surface area contributed by atoms with Gasteiger partial charge >= 0.3 is 11.9 Å². The maximum absolute atomic E-state index is 12.1. The number of hydrogen-bond acceptors (Lipinski definition) is 4. The SMILES string of the molecule is COC(=O)C1C(C(=O)OC)C2C3CC(C4CCCC43)C12. The molecule has 0 aromatic rings. The second-order valence-electron chi connectivity index (χ2n) is 7.07. The van der Waals surface area contributed by atoms with E-state index in [1.807, 2.05) is 0 Å². The molecule has 0 spiro atoms. The topological polar surface area (TPSA) is 52.6 Å². The number of fused-ring (bicyclic) bond motifs is 8. The highest BCUT2D eigenvalue weighted by atomic mass is 16.5. The zero-order valence-corrected chi connectivity index (χ0v) is 12.1. The molecule has 0 heterocycles. The van der Waals surface area contributed by atoms with Crippen molar-refractivity contribution in [2.24, 2.45) is 47.3 Å². The Kier molecular flexibility index (Phi) is 2.67. The van der Waals surface area contributed by atoms with Crippen molar-refractivity contribution in [3.63, 3.8) is 0 Å². The third-order valence-electron chi connectivity index (χ3n) is 6.87. The number of carbonyl (C=O) groups excluding carboxylic acids is 2. The summed E-state index contributed by atoms with van der Waals surface area (Å²) in [5, 5.41) is 0. The van der Waals surface area contributed by atoms with E-state index in [1.54, 1.807) is 0 Å². The molecule has 4 fully saturated rings. The monoisotopic (exact) mass is 278 g/mol. The highest BCUT2D eigenvalue weighted by molar-refractivity contribution is 5.85. The van der Waals surface area contributed by atoms with Crippen molar-refractivity contribution in [2.45, 2.75) is 25.7 Å². The molecule has 0 radical (unpaired) electrons. The number of ether oxygens (including phenoxy) is 2. The number of methoxy groups -OCH3 is 2. The first kappa shape index (κ1) is 12.7. The largest absolute Gasteiger partial charge is 0.469 e. The van der Waals surface area contributed by atoms with Crippen LogP contribution in [-0.4, -0.2) is 26.2 Å². The van der Waals surface area contributed by atoms with E-state index in [1.165, 1.54) is 39.9 Å². The first-order valence-electron chi connectivity index (χ1n) is 7.84. The van der Waals surface area contributed by atoms with Crippen molar-refractivity contribution in [2.75, 3.05) is 14.2 Å². The van der Waals surface area contributed by atoms with Crippen LogP contribution in [0.3, 0.4) is 0 Å². The summed E-state index contributed by atoms with van der Waals surface area (Å²) in [7, 11) is 2.85. The Labute approximate surface area is 119 Å².